The molecule has 2 heteroatoms. The van der Waals surface area contributed by atoms with Crippen LogP contribution in [0.25, 0.3) is 0 Å². The first-order chi connectivity index (χ1) is 6.94. The summed E-state index contributed by atoms with van der Waals surface area (Å²) in [6, 6.07) is 0.820. The molecule has 0 spiro atoms. The van der Waals surface area contributed by atoms with E-state index in [1.807, 2.05) is 0 Å². The van der Waals surface area contributed by atoms with Crippen molar-refractivity contribution in [1.29, 1.82) is 0 Å². The third-order valence-electron chi connectivity index (χ3n) is 3.84. The highest BCUT2D eigenvalue weighted by Crippen LogP contribution is 2.36. The van der Waals surface area contributed by atoms with Gasteiger partial charge >= 0.3 is 0 Å². The normalized spacial score (nSPS) is 24.4. The molecule has 0 bridgehead atoms. The zero-order valence-electron chi connectivity index (χ0n) is 10.8. The topological polar surface area (TPSA) is 3.24 Å². The van der Waals surface area contributed by atoms with E-state index in [4.69, 9.17) is 0 Å². The molecule has 0 radical (unpaired) electrons. The number of rotatable bonds is 4. The summed E-state index contributed by atoms with van der Waals surface area (Å²) < 4.78 is 0. The lowest BCUT2D eigenvalue weighted by Crippen LogP contribution is -2.39. The molecule has 1 saturated carbocycles. The molecule has 1 aliphatic rings. The average Bonchev–Trinajstić information content (AvgIpc) is 2.17. The fourth-order valence-electron chi connectivity index (χ4n) is 2.52. The van der Waals surface area contributed by atoms with Crippen LogP contribution in [0.3, 0.4) is 0 Å². The molecule has 0 heterocycles. The molecule has 0 aromatic rings. The van der Waals surface area contributed by atoms with Crippen molar-refractivity contribution < 1.29 is 0 Å². The van der Waals surface area contributed by atoms with Gasteiger partial charge in [0.15, 0.2) is 0 Å². The maximum Gasteiger partial charge on any atom is 0.00927 e. The molecular weight excluding hydrogens is 202 g/mol. The first kappa shape index (κ1) is 13.4. The monoisotopic (exact) mass is 229 g/mol. The minimum Gasteiger partial charge on any atom is -0.303 e. The van der Waals surface area contributed by atoms with Gasteiger partial charge in [-0.1, -0.05) is 20.8 Å². The summed E-state index contributed by atoms with van der Waals surface area (Å²) in [6.45, 7) is 8.30. The van der Waals surface area contributed by atoms with Crippen molar-refractivity contribution in [3.8, 4) is 0 Å². The summed E-state index contributed by atoms with van der Waals surface area (Å²) in [5, 5.41) is 0. The van der Waals surface area contributed by atoms with E-state index < -0.39 is 0 Å². The minimum atomic E-state index is 0.590. The number of hydrogen-bond donors (Lipinski definition) is 1. The Morgan fingerprint density at radius 3 is 2.33 bits per heavy atom. The molecule has 90 valence electrons. The number of nitrogens with zero attached hydrogens (tertiary/aromatic N) is 1. The summed E-state index contributed by atoms with van der Waals surface area (Å²) in [6.07, 6.45) is 5.53. The Hall–Kier alpha value is 0.310. The zero-order chi connectivity index (χ0) is 11.5. The van der Waals surface area contributed by atoms with Crippen molar-refractivity contribution in [2.24, 2.45) is 11.3 Å². The molecule has 1 unspecified atom stereocenters. The summed E-state index contributed by atoms with van der Waals surface area (Å²) in [4.78, 5) is 2.55. The average molecular weight is 229 g/mol. The molecule has 0 saturated heterocycles. The Kier molecular flexibility index (Phi) is 4.98. The van der Waals surface area contributed by atoms with Gasteiger partial charge in [-0.25, -0.2) is 0 Å². The fourth-order valence-corrected chi connectivity index (χ4v) is 2.64. The van der Waals surface area contributed by atoms with Gasteiger partial charge in [0.25, 0.3) is 0 Å². The fraction of sp³-hybridized carbons (Fsp3) is 1.00. The molecule has 1 atom stereocenters. The van der Waals surface area contributed by atoms with Gasteiger partial charge in [-0.15, -0.1) is 0 Å². The van der Waals surface area contributed by atoms with Crippen LogP contribution in [-0.4, -0.2) is 30.3 Å². The van der Waals surface area contributed by atoms with Crippen LogP contribution < -0.4 is 0 Å². The van der Waals surface area contributed by atoms with Gasteiger partial charge in [-0.2, -0.15) is 12.6 Å². The Labute approximate surface area is 101 Å². The highest BCUT2D eigenvalue weighted by Gasteiger charge is 2.28. The van der Waals surface area contributed by atoms with Crippen LogP contribution in [0.1, 0.15) is 46.5 Å². The predicted octanol–water partition coefficient (Wildman–Crippen LogP) is 3.45. The molecule has 1 rings (SSSR count). The minimum absolute atomic E-state index is 0.590. The van der Waals surface area contributed by atoms with E-state index in [0.717, 1.165) is 11.8 Å². The van der Waals surface area contributed by atoms with Gasteiger partial charge in [0, 0.05) is 12.6 Å². The number of thiol groups is 1. The van der Waals surface area contributed by atoms with Crippen LogP contribution in [0.4, 0.5) is 0 Å². The molecule has 0 aliphatic heterocycles. The Morgan fingerprint density at radius 1 is 1.33 bits per heavy atom. The molecule has 0 aromatic carbocycles. The molecule has 1 fully saturated rings. The smallest absolute Gasteiger partial charge is 0.00927 e. The molecule has 15 heavy (non-hydrogen) atoms. The van der Waals surface area contributed by atoms with E-state index in [9.17, 15) is 0 Å². The van der Waals surface area contributed by atoms with Crippen LogP contribution >= 0.6 is 12.6 Å². The summed E-state index contributed by atoms with van der Waals surface area (Å²) in [7, 11) is 2.28. The van der Waals surface area contributed by atoms with Crippen molar-refractivity contribution in [3.05, 3.63) is 0 Å². The van der Waals surface area contributed by atoms with E-state index in [0.29, 0.717) is 11.3 Å². The van der Waals surface area contributed by atoms with E-state index >= 15 is 0 Å². The third-order valence-corrected chi connectivity index (χ3v) is 4.47. The SMILES string of the molecule is CC(CS)CN(C)C1CCC(C)(C)CC1. The molecule has 0 N–H and O–H groups in total. The second-order valence-corrected chi connectivity index (χ2v) is 6.49. The van der Waals surface area contributed by atoms with Crippen molar-refractivity contribution >= 4 is 12.6 Å². The highest BCUT2D eigenvalue weighted by atomic mass is 32.1. The van der Waals surface area contributed by atoms with Crippen molar-refractivity contribution in [2.45, 2.75) is 52.5 Å². The van der Waals surface area contributed by atoms with Crippen LogP contribution in [0, 0.1) is 11.3 Å². The Morgan fingerprint density at radius 2 is 1.87 bits per heavy atom. The van der Waals surface area contributed by atoms with Crippen LogP contribution in [-0.2, 0) is 0 Å². The molecule has 0 amide bonds. The van der Waals surface area contributed by atoms with Gasteiger partial charge in [-0.3, -0.25) is 0 Å². The van der Waals surface area contributed by atoms with Crippen LogP contribution in [0.5, 0.6) is 0 Å². The summed E-state index contributed by atoms with van der Waals surface area (Å²) in [5.74, 6) is 1.72. The van der Waals surface area contributed by atoms with Gasteiger partial charge in [0.2, 0.25) is 0 Å². The first-order valence-corrected chi connectivity index (χ1v) is 6.89. The lowest BCUT2D eigenvalue weighted by atomic mass is 9.75. The molecule has 1 aliphatic carbocycles. The lowest BCUT2D eigenvalue weighted by molar-refractivity contribution is 0.119. The highest BCUT2D eigenvalue weighted by molar-refractivity contribution is 7.80. The third kappa shape index (κ3) is 4.36. The number of hydrogen-bond acceptors (Lipinski definition) is 2. The van der Waals surface area contributed by atoms with Gasteiger partial charge in [0.1, 0.15) is 0 Å². The maximum atomic E-state index is 4.35. The molecular formula is C13H27NS. The van der Waals surface area contributed by atoms with Crippen LogP contribution in [0.2, 0.25) is 0 Å². The Bertz CT molecular complexity index is 181. The zero-order valence-corrected chi connectivity index (χ0v) is 11.7. The van der Waals surface area contributed by atoms with Gasteiger partial charge < -0.3 is 4.90 Å². The second kappa shape index (κ2) is 5.58. The molecule has 0 aromatic heterocycles. The standard InChI is InChI=1S/C13H27NS/c1-11(10-15)9-14(4)12-5-7-13(2,3)8-6-12/h11-12,15H,5-10H2,1-4H3. The quantitative estimate of drug-likeness (QED) is 0.723. The summed E-state index contributed by atoms with van der Waals surface area (Å²) in [5.41, 5.74) is 0.590. The van der Waals surface area contributed by atoms with E-state index in [-0.39, 0.29) is 0 Å². The van der Waals surface area contributed by atoms with Gasteiger partial charge in [0.05, 0.1) is 0 Å². The van der Waals surface area contributed by atoms with E-state index in [2.05, 4.69) is 45.3 Å². The summed E-state index contributed by atoms with van der Waals surface area (Å²) >= 11 is 4.35. The molecule has 1 nitrogen and oxygen atoms in total. The van der Waals surface area contributed by atoms with E-state index in [1.165, 1.54) is 32.2 Å². The largest absolute Gasteiger partial charge is 0.303 e. The predicted molar refractivity (Wildman–Crippen MR) is 71.7 cm³/mol. The van der Waals surface area contributed by atoms with E-state index in [1.54, 1.807) is 0 Å². The first-order valence-electron chi connectivity index (χ1n) is 6.26. The lowest BCUT2D eigenvalue weighted by Gasteiger charge is -2.39. The second-order valence-electron chi connectivity index (χ2n) is 6.12. The maximum absolute atomic E-state index is 4.35. The van der Waals surface area contributed by atoms with Crippen molar-refractivity contribution in [1.82, 2.24) is 4.90 Å². The van der Waals surface area contributed by atoms with Crippen molar-refractivity contribution in [2.75, 3.05) is 19.3 Å². The Balaban J connectivity index is 2.33. The van der Waals surface area contributed by atoms with Crippen molar-refractivity contribution in [3.63, 3.8) is 0 Å². The van der Waals surface area contributed by atoms with Gasteiger partial charge in [-0.05, 0) is 49.8 Å². The van der Waals surface area contributed by atoms with Crippen LogP contribution in [0.15, 0.2) is 0 Å².